The molecule has 0 aliphatic carbocycles. The quantitative estimate of drug-likeness (QED) is 0.382. The Balaban J connectivity index is 1.82. The molecule has 8 nitrogen and oxygen atoms in total. The topological polar surface area (TPSA) is 101 Å². The zero-order valence-corrected chi connectivity index (χ0v) is 13.8. The Morgan fingerprint density at radius 1 is 0.875 bits per heavy atom. The van der Waals surface area contributed by atoms with Crippen LogP contribution in [0, 0.1) is 0 Å². The largest absolute Gasteiger partial charge is 0.445 e. The van der Waals surface area contributed by atoms with Crippen molar-refractivity contribution in [1.82, 2.24) is 5.32 Å². The Bertz CT molecular complexity index is 418. The number of benzene rings is 1. The molecule has 136 valence electrons. The molecule has 24 heavy (non-hydrogen) atoms. The molecule has 1 amide bonds. The Kier molecular flexibility index (Phi) is 12.6. The lowest BCUT2D eigenvalue weighted by molar-refractivity contribution is -0.00170. The smallest absolute Gasteiger partial charge is 0.407 e. The Labute approximate surface area is 142 Å². The molecule has 1 aromatic rings. The molecule has 1 aromatic carbocycles. The van der Waals surface area contributed by atoms with Crippen molar-refractivity contribution in [2.24, 2.45) is 5.90 Å². The Morgan fingerprint density at radius 3 is 2.08 bits per heavy atom. The molecule has 0 radical (unpaired) electrons. The van der Waals surface area contributed by atoms with Crippen LogP contribution in [0.2, 0.25) is 0 Å². The summed E-state index contributed by atoms with van der Waals surface area (Å²) >= 11 is 0. The van der Waals surface area contributed by atoms with Crippen LogP contribution >= 0.6 is 0 Å². The zero-order valence-electron chi connectivity index (χ0n) is 13.8. The van der Waals surface area contributed by atoms with E-state index in [0.717, 1.165) is 5.56 Å². The van der Waals surface area contributed by atoms with Crippen LogP contribution in [0.1, 0.15) is 5.56 Å². The van der Waals surface area contributed by atoms with Gasteiger partial charge in [-0.05, 0) is 5.56 Å². The van der Waals surface area contributed by atoms with Gasteiger partial charge in [0.15, 0.2) is 0 Å². The van der Waals surface area contributed by atoms with Gasteiger partial charge in [-0.15, -0.1) is 0 Å². The number of hydrogen-bond acceptors (Lipinski definition) is 7. The first-order valence-corrected chi connectivity index (χ1v) is 7.82. The van der Waals surface area contributed by atoms with Crippen LogP contribution in [0.4, 0.5) is 4.79 Å². The predicted molar refractivity (Wildman–Crippen MR) is 87.2 cm³/mol. The Morgan fingerprint density at radius 2 is 1.46 bits per heavy atom. The normalized spacial score (nSPS) is 10.5. The van der Waals surface area contributed by atoms with Crippen molar-refractivity contribution in [3.05, 3.63) is 35.9 Å². The lowest BCUT2D eigenvalue weighted by Gasteiger charge is -2.08. The first-order valence-electron chi connectivity index (χ1n) is 7.82. The predicted octanol–water partition coefficient (Wildman–Crippen LogP) is 0.853. The molecular weight excluding hydrogens is 316 g/mol. The van der Waals surface area contributed by atoms with E-state index in [4.69, 9.17) is 24.8 Å². The molecule has 0 aliphatic heterocycles. The summed E-state index contributed by atoms with van der Waals surface area (Å²) in [5.74, 6) is 4.85. The fraction of sp³-hybridized carbons (Fsp3) is 0.562. The highest BCUT2D eigenvalue weighted by Crippen LogP contribution is 2.00. The van der Waals surface area contributed by atoms with Crippen molar-refractivity contribution in [3.8, 4) is 0 Å². The summed E-state index contributed by atoms with van der Waals surface area (Å²) in [6, 6.07) is 9.50. The molecule has 0 bridgehead atoms. The third-order valence-electron chi connectivity index (χ3n) is 2.82. The van der Waals surface area contributed by atoms with Crippen molar-refractivity contribution >= 4 is 6.09 Å². The molecule has 0 aromatic heterocycles. The first kappa shape index (κ1) is 20.3. The highest BCUT2D eigenvalue weighted by atomic mass is 16.6. The molecule has 0 fully saturated rings. The number of alkyl carbamates (subject to hydrolysis) is 1. The van der Waals surface area contributed by atoms with Gasteiger partial charge in [-0.25, -0.2) is 10.7 Å². The van der Waals surface area contributed by atoms with Gasteiger partial charge in [-0.2, -0.15) is 0 Å². The minimum Gasteiger partial charge on any atom is -0.445 e. The number of nitrogens with two attached hydrogens (primary N) is 1. The van der Waals surface area contributed by atoms with Gasteiger partial charge >= 0.3 is 6.09 Å². The molecule has 0 atom stereocenters. The van der Waals surface area contributed by atoms with Crippen LogP contribution in [0.25, 0.3) is 0 Å². The van der Waals surface area contributed by atoms with Gasteiger partial charge in [-0.3, -0.25) is 0 Å². The van der Waals surface area contributed by atoms with Crippen molar-refractivity contribution < 1.29 is 28.6 Å². The molecule has 0 saturated carbocycles. The van der Waals surface area contributed by atoms with Crippen LogP contribution < -0.4 is 11.2 Å². The van der Waals surface area contributed by atoms with E-state index < -0.39 is 6.09 Å². The summed E-state index contributed by atoms with van der Waals surface area (Å²) in [7, 11) is 0. The third-order valence-corrected chi connectivity index (χ3v) is 2.82. The summed E-state index contributed by atoms with van der Waals surface area (Å²) in [4.78, 5) is 15.8. The first-order chi connectivity index (χ1) is 11.8. The Hall–Kier alpha value is -1.71. The second-order valence-corrected chi connectivity index (χ2v) is 4.70. The van der Waals surface area contributed by atoms with Gasteiger partial charge in [0.1, 0.15) is 6.61 Å². The maximum Gasteiger partial charge on any atom is 0.407 e. The van der Waals surface area contributed by atoms with E-state index in [-0.39, 0.29) is 6.61 Å². The standard InChI is InChI=1S/C16H26N2O6/c17-24-13-12-22-11-10-21-9-8-20-7-6-18-16(19)23-14-15-4-2-1-3-5-15/h1-5H,6-14,17H2,(H,18,19). The van der Waals surface area contributed by atoms with Gasteiger partial charge in [0.05, 0.1) is 46.2 Å². The summed E-state index contributed by atoms with van der Waals surface area (Å²) in [6.45, 7) is 3.73. The molecule has 8 heteroatoms. The second-order valence-electron chi connectivity index (χ2n) is 4.70. The molecule has 0 heterocycles. The van der Waals surface area contributed by atoms with E-state index in [2.05, 4.69) is 10.2 Å². The summed E-state index contributed by atoms with van der Waals surface area (Å²) in [6.07, 6.45) is -0.461. The fourth-order valence-electron chi connectivity index (χ4n) is 1.65. The number of nitrogens with one attached hydrogen (secondary N) is 1. The molecule has 0 aliphatic rings. The number of carbonyl (C=O) groups is 1. The fourth-order valence-corrected chi connectivity index (χ4v) is 1.65. The number of hydrogen-bond donors (Lipinski definition) is 2. The maximum absolute atomic E-state index is 11.5. The molecule has 3 N–H and O–H groups in total. The lowest BCUT2D eigenvalue weighted by atomic mass is 10.2. The third kappa shape index (κ3) is 11.8. The number of ether oxygens (including phenoxy) is 4. The van der Waals surface area contributed by atoms with Gasteiger partial charge in [0.2, 0.25) is 0 Å². The molecular formula is C16H26N2O6. The monoisotopic (exact) mass is 342 g/mol. The highest BCUT2D eigenvalue weighted by Gasteiger charge is 2.01. The van der Waals surface area contributed by atoms with Crippen molar-refractivity contribution in [2.75, 3.05) is 52.8 Å². The van der Waals surface area contributed by atoms with Gasteiger partial charge in [-0.1, -0.05) is 30.3 Å². The zero-order chi connectivity index (χ0) is 17.3. The average Bonchev–Trinajstić information content (AvgIpc) is 2.62. The van der Waals surface area contributed by atoms with E-state index in [1.54, 1.807) is 0 Å². The van der Waals surface area contributed by atoms with Gasteiger partial charge in [0, 0.05) is 6.54 Å². The molecule has 1 rings (SSSR count). The van der Waals surface area contributed by atoms with Crippen LogP contribution in [0.5, 0.6) is 0 Å². The van der Waals surface area contributed by atoms with Crippen molar-refractivity contribution in [1.29, 1.82) is 0 Å². The van der Waals surface area contributed by atoms with Crippen LogP contribution in [-0.4, -0.2) is 58.9 Å². The minimum absolute atomic E-state index is 0.251. The second kappa shape index (κ2) is 14.9. The van der Waals surface area contributed by atoms with Crippen molar-refractivity contribution in [3.63, 3.8) is 0 Å². The minimum atomic E-state index is -0.461. The van der Waals surface area contributed by atoms with E-state index >= 15 is 0 Å². The summed E-state index contributed by atoms with van der Waals surface area (Å²) in [5.41, 5.74) is 0.945. The van der Waals surface area contributed by atoms with E-state index in [1.807, 2.05) is 30.3 Å². The maximum atomic E-state index is 11.5. The number of amides is 1. The van der Waals surface area contributed by atoms with Crippen LogP contribution in [-0.2, 0) is 30.4 Å². The van der Waals surface area contributed by atoms with Gasteiger partial charge < -0.3 is 29.1 Å². The molecule has 0 saturated heterocycles. The highest BCUT2D eigenvalue weighted by molar-refractivity contribution is 5.67. The van der Waals surface area contributed by atoms with Gasteiger partial charge in [0.25, 0.3) is 0 Å². The summed E-state index contributed by atoms with van der Waals surface area (Å²) in [5, 5.41) is 2.61. The summed E-state index contributed by atoms with van der Waals surface area (Å²) < 4.78 is 20.8. The van der Waals surface area contributed by atoms with Crippen molar-refractivity contribution in [2.45, 2.75) is 6.61 Å². The van der Waals surface area contributed by atoms with E-state index in [9.17, 15) is 4.79 Å². The average molecular weight is 342 g/mol. The molecule has 0 spiro atoms. The number of rotatable bonds is 14. The van der Waals surface area contributed by atoms with E-state index in [1.165, 1.54) is 0 Å². The number of carbonyl (C=O) groups excluding carboxylic acids is 1. The lowest BCUT2D eigenvalue weighted by Crippen LogP contribution is -2.28. The van der Waals surface area contributed by atoms with E-state index in [0.29, 0.717) is 52.8 Å². The van der Waals surface area contributed by atoms with Crippen LogP contribution in [0.3, 0.4) is 0 Å². The SMILES string of the molecule is NOCCOCCOCCOCCNC(=O)OCc1ccccc1. The van der Waals surface area contributed by atoms with Crippen LogP contribution in [0.15, 0.2) is 30.3 Å². The molecule has 0 unspecified atom stereocenters.